The van der Waals surface area contributed by atoms with Crippen LogP contribution >= 0.6 is 0 Å². The van der Waals surface area contributed by atoms with E-state index < -0.39 is 0 Å². The van der Waals surface area contributed by atoms with Crippen molar-refractivity contribution in [2.45, 2.75) is 70.4 Å². The zero-order chi connectivity index (χ0) is 13.9. The molecule has 2 saturated carbocycles. The Labute approximate surface area is 124 Å². The average molecular weight is 271 g/mol. The van der Waals surface area contributed by atoms with Crippen molar-refractivity contribution in [2.75, 3.05) is 0 Å². The van der Waals surface area contributed by atoms with E-state index in [1.54, 1.807) is 5.56 Å². The van der Waals surface area contributed by atoms with Crippen molar-refractivity contribution >= 4 is 0 Å². The molecule has 1 nitrogen and oxygen atoms in total. The lowest BCUT2D eigenvalue weighted by Gasteiger charge is -2.33. The molecular formula is C19H29N. The zero-order valence-corrected chi connectivity index (χ0v) is 13.0. The third kappa shape index (κ3) is 3.09. The number of benzene rings is 1. The van der Waals surface area contributed by atoms with Crippen LogP contribution in [0, 0.1) is 11.8 Å². The molecule has 2 aliphatic carbocycles. The SMILES string of the molecule is CC1CCC(NC2CCC(c3ccccc3)CC2)C1C. The lowest BCUT2D eigenvalue weighted by Crippen LogP contribution is -2.42. The van der Waals surface area contributed by atoms with Crippen LogP contribution in [0.3, 0.4) is 0 Å². The third-order valence-corrected chi connectivity index (χ3v) is 5.91. The highest BCUT2D eigenvalue weighted by Crippen LogP contribution is 2.35. The Balaban J connectivity index is 1.49. The fourth-order valence-corrected chi connectivity index (χ4v) is 4.22. The lowest BCUT2D eigenvalue weighted by molar-refractivity contribution is 0.279. The Morgan fingerprint density at radius 3 is 2.15 bits per heavy atom. The average Bonchev–Trinajstić information content (AvgIpc) is 2.81. The molecule has 2 fully saturated rings. The third-order valence-electron chi connectivity index (χ3n) is 5.91. The Morgan fingerprint density at radius 1 is 0.850 bits per heavy atom. The molecule has 0 spiro atoms. The highest BCUT2D eigenvalue weighted by Gasteiger charge is 2.32. The van der Waals surface area contributed by atoms with Gasteiger partial charge in [-0.25, -0.2) is 0 Å². The van der Waals surface area contributed by atoms with Crippen LogP contribution in [-0.4, -0.2) is 12.1 Å². The quantitative estimate of drug-likeness (QED) is 0.837. The summed E-state index contributed by atoms with van der Waals surface area (Å²) in [7, 11) is 0. The van der Waals surface area contributed by atoms with E-state index in [4.69, 9.17) is 0 Å². The summed E-state index contributed by atoms with van der Waals surface area (Å²) >= 11 is 0. The molecule has 20 heavy (non-hydrogen) atoms. The van der Waals surface area contributed by atoms with E-state index >= 15 is 0 Å². The Hall–Kier alpha value is -0.820. The van der Waals surface area contributed by atoms with Crippen molar-refractivity contribution in [1.82, 2.24) is 5.32 Å². The van der Waals surface area contributed by atoms with E-state index in [-0.39, 0.29) is 0 Å². The Kier molecular flexibility index (Phi) is 4.45. The molecule has 1 heteroatoms. The molecule has 0 radical (unpaired) electrons. The van der Waals surface area contributed by atoms with Crippen LogP contribution in [-0.2, 0) is 0 Å². The standard InChI is InChI=1S/C19H29N/c1-14-8-13-19(15(14)2)20-18-11-9-17(10-12-18)16-6-4-3-5-7-16/h3-7,14-15,17-20H,8-13H2,1-2H3. The second kappa shape index (κ2) is 6.30. The van der Waals surface area contributed by atoms with Crippen molar-refractivity contribution in [2.24, 2.45) is 11.8 Å². The first-order valence-electron chi connectivity index (χ1n) is 8.55. The highest BCUT2D eigenvalue weighted by atomic mass is 15.0. The minimum atomic E-state index is 0.771. The van der Waals surface area contributed by atoms with Crippen molar-refractivity contribution in [3.63, 3.8) is 0 Å². The van der Waals surface area contributed by atoms with Crippen molar-refractivity contribution in [1.29, 1.82) is 0 Å². The van der Waals surface area contributed by atoms with E-state index in [1.807, 2.05) is 0 Å². The fraction of sp³-hybridized carbons (Fsp3) is 0.684. The predicted molar refractivity (Wildman–Crippen MR) is 85.9 cm³/mol. The van der Waals surface area contributed by atoms with Crippen LogP contribution in [0.1, 0.15) is 63.9 Å². The number of hydrogen-bond donors (Lipinski definition) is 1. The van der Waals surface area contributed by atoms with E-state index in [9.17, 15) is 0 Å². The van der Waals surface area contributed by atoms with Gasteiger partial charge in [-0.1, -0.05) is 44.2 Å². The summed E-state index contributed by atoms with van der Waals surface area (Å²) in [6.07, 6.45) is 8.24. The summed E-state index contributed by atoms with van der Waals surface area (Å²) in [5.74, 6) is 2.57. The minimum absolute atomic E-state index is 0.771. The summed E-state index contributed by atoms with van der Waals surface area (Å²) in [6, 6.07) is 12.6. The Morgan fingerprint density at radius 2 is 1.55 bits per heavy atom. The van der Waals surface area contributed by atoms with Crippen LogP contribution in [0.15, 0.2) is 30.3 Å². The van der Waals surface area contributed by atoms with Gasteiger partial charge in [0.1, 0.15) is 0 Å². The maximum Gasteiger partial charge on any atom is 0.00979 e. The maximum absolute atomic E-state index is 3.97. The number of hydrogen-bond acceptors (Lipinski definition) is 1. The first kappa shape index (κ1) is 14.1. The topological polar surface area (TPSA) is 12.0 Å². The van der Waals surface area contributed by atoms with Crippen LogP contribution in [0.4, 0.5) is 0 Å². The van der Waals surface area contributed by atoms with E-state index in [2.05, 4.69) is 49.5 Å². The van der Waals surface area contributed by atoms with Gasteiger partial charge in [0.05, 0.1) is 0 Å². The number of nitrogens with one attached hydrogen (secondary N) is 1. The molecule has 3 atom stereocenters. The van der Waals surface area contributed by atoms with Crippen molar-refractivity contribution in [3.05, 3.63) is 35.9 Å². The molecule has 1 aromatic rings. The van der Waals surface area contributed by atoms with Gasteiger partial charge in [-0.2, -0.15) is 0 Å². The van der Waals surface area contributed by atoms with E-state index in [0.717, 1.165) is 29.8 Å². The summed E-state index contributed by atoms with van der Waals surface area (Å²) < 4.78 is 0. The zero-order valence-electron chi connectivity index (χ0n) is 13.0. The highest BCUT2D eigenvalue weighted by molar-refractivity contribution is 5.20. The molecule has 0 aliphatic heterocycles. The predicted octanol–water partition coefficient (Wildman–Crippen LogP) is 4.74. The van der Waals surface area contributed by atoms with Gasteiger partial charge < -0.3 is 5.32 Å². The molecule has 3 unspecified atom stereocenters. The summed E-state index contributed by atoms with van der Waals surface area (Å²) in [6.45, 7) is 4.85. The maximum atomic E-state index is 3.97. The monoisotopic (exact) mass is 271 g/mol. The molecule has 3 rings (SSSR count). The first-order chi connectivity index (χ1) is 9.74. The molecule has 0 bridgehead atoms. The van der Waals surface area contributed by atoms with Crippen LogP contribution in [0.25, 0.3) is 0 Å². The van der Waals surface area contributed by atoms with Crippen molar-refractivity contribution < 1.29 is 0 Å². The summed E-state index contributed by atoms with van der Waals surface area (Å²) in [5.41, 5.74) is 1.55. The van der Waals surface area contributed by atoms with Crippen LogP contribution < -0.4 is 5.32 Å². The van der Waals surface area contributed by atoms with E-state index in [0.29, 0.717) is 0 Å². The van der Waals surface area contributed by atoms with Gasteiger partial charge >= 0.3 is 0 Å². The second-order valence-electron chi connectivity index (χ2n) is 7.15. The van der Waals surface area contributed by atoms with Crippen molar-refractivity contribution in [3.8, 4) is 0 Å². The second-order valence-corrected chi connectivity index (χ2v) is 7.15. The van der Waals surface area contributed by atoms with Crippen LogP contribution in [0.5, 0.6) is 0 Å². The molecule has 1 N–H and O–H groups in total. The van der Waals surface area contributed by atoms with Gasteiger partial charge in [-0.15, -0.1) is 0 Å². The normalized spacial score (nSPS) is 38.0. The Bertz CT molecular complexity index is 405. The van der Waals surface area contributed by atoms with Gasteiger partial charge in [-0.3, -0.25) is 0 Å². The molecule has 0 heterocycles. The van der Waals surface area contributed by atoms with Gasteiger partial charge in [0, 0.05) is 12.1 Å². The minimum Gasteiger partial charge on any atom is -0.311 e. The largest absolute Gasteiger partial charge is 0.311 e. The van der Waals surface area contributed by atoms with Gasteiger partial charge in [-0.05, 0) is 61.8 Å². The molecule has 110 valence electrons. The molecule has 2 aliphatic rings. The van der Waals surface area contributed by atoms with Gasteiger partial charge in [0.15, 0.2) is 0 Å². The molecular weight excluding hydrogens is 242 g/mol. The first-order valence-corrected chi connectivity index (χ1v) is 8.55. The van der Waals surface area contributed by atoms with Gasteiger partial charge in [0.25, 0.3) is 0 Å². The van der Waals surface area contributed by atoms with Crippen LogP contribution in [0.2, 0.25) is 0 Å². The fourth-order valence-electron chi connectivity index (χ4n) is 4.22. The molecule has 0 aromatic heterocycles. The molecule has 0 amide bonds. The summed E-state index contributed by atoms with van der Waals surface area (Å²) in [4.78, 5) is 0. The molecule has 1 aromatic carbocycles. The number of rotatable bonds is 3. The molecule has 0 saturated heterocycles. The summed E-state index contributed by atoms with van der Waals surface area (Å²) in [5, 5.41) is 3.97. The van der Waals surface area contributed by atoms with E-state index in [1.165, 1.54) is 38.5 Å². The lowest BCUT2D eigenvalue weighted by atomic mass is 9.81. The smallest absolute Gasteiger partial charge is 0.00979 e. The van der Waals surface area contributed by atoms with Gasteiger partial charge in [0.2, 0.25) is 0 Å².